The maximum Gasteiger partial charge on any atom is 0.121 e. The third-order valence-corrected chi connectivity index (χ3v) is 3.34. The van der Waals surface area contributed by atoms with Crippen molar-refractivity contribution < 1.29 is 4.74 Å². The van der Waals surface area contributed by atoms with Crippen LogP contribution in [0.5, 0.6) is 5.75 Å². The number of nitrogens with zero attached hydrogens (tertiary/aromatic N) is 1. The van der Waals surface area contributed by atoms with E-state index in [0.29, 0.717) is 0 Å². The van der Waals surface area contributed by atoms with E-state index in [1.54, 1.807) is 7.11 Å². The molecule has 0 aliphatic heterocycles. The minimum absolute atomic E-state index is 0.851. The quantitative estimate of drug-likeness (QED) is 0.918. The van der Waals surface area contributed by atoms with Gasteiger partial charge in [-0.2, -0.15) is 0 Å². The van der Waals surface area contributed by atoms with Crippen molar-refractivity contribution in [2.45, 2.75) is 6.42 Å². The van der Waals surface area contributed by atoms with Crippen LogP contribution in [0.2, 0.25) is 0 Å². The summed E-state index contributed by atoms with van der Waals surface area (Å²) in [4.78, 5) is 4.00. The van der Waals surface area contributed by atoms with E-state index in [9.17, 15) is 0 Å². The molecule has 3 nitrogen and oxygen atoms in total. The number of aromatic nitrogens is 1. The van der Waals surface area contributed by atoms with Gasteiger partial charge in [0.1, 0.15) is 5.75 Å². The molecule has 0 radical (unpaired) electrons. The number of hydrogen-bond donors (Lipinski definition) is 1. The lowest BCUT2D eigenvalue weighted by Gasteiger charge is -2.10. The van der Waals surface area contributed by atoms with Crippen molar-refractivity contribution >= 4 is 21.6 Å². The molecule has 0 spiro atoms. The molecule has 0 atom stereocenters. The molecular formula is C14H15BrN2O. The summed E-state index contributed by atoms with van der Waals surface area (Å²) in [6.45, 7) is 0.871. The van der Waals surface area contributed by atoms with Gasteiger partial charge in [-0.3, -0.25) is 4.98 Å². The highest BCUT2D eigenvalue weighted by Crippen LogP contribution is 2.26. The van der Waals surface area contributed by atoms with Gasteiger partial charge < -0.3 is 10.1 Å². The lowest BCUT2D eigenvalue weighted by atomic mass is 10.2. The van der Waals surface area contributed by atoms with Gasteiger partial charge >= 0.3 is 0 Å². The zero-order valence-electron chi connectivity index (χ0n) is 10.2. The lowest BCUT2D eigenvalue weighted by Crippen LogP contribution is -2.05. The van der Waals surface area contributed by atoms with Crippen LogP contribution in [0, 0.1) is 0 Å². The summed E-state index contributed by atoms with van der Waals surface area (Å²) < 4.78 is 6.25. The van der Waals surface area contributed by atoms with Crippen LogP contribution >= 0.6 is 15.9 Å². The predicted octanol–water partition coefficient (Wildman–Crippen LogP) is 3.51. The second-order valence-corrected chi connectivity index (χ2v) is 4.73. The number of pyridine rings is 1. The summed E-state index contributed by atoms with van der Waals surface area (Å²) in [5, 5.41) is 3.39. The Morgan fingerprint density at radius 3 is 2.72 bits per heavy atom. The fraction of sp³-hybridized carbons (Fsp3) is 0.214. The number of halogens is 1. The van der Waals surface area contributed by atoms with Gasteiger partial charge in [-0.1, -0.05) is 0 Å². The van der Waals surface area contributed by atoms with E-state index in [4.69, 9.17) is 4.74 Å². The molecule has 0 aliphatic carbocycles. The molecule has 1 N–H and O–H groups in total. The zero-order chi connectivity index (χ0) is 12.8. The third-order valence-electron chi connectivity index (χ3n) is 2.65. The molecule has 2 rings (SSSR count). The highest BCUT2D eigenvalue weighted by Gasteiger charge is 2.01. The Bertz CT molecular complexity index is 502. The Balaban J connectivity index is 1.94. The van der Waals surface area contributed by atoms with Crippen LogP contribution in [0.3, 0.4) is 0 Å². The smallest absolute Gasteiger partial charge is 0.121 e. The standard InChI is InChI=1S/C14H15BrN2O/c1-18-12-2-3-13(15)14(10-12)17-9-6-11-4-7-16-8-5-11/h2-5,7-8,10,17H,6,9H2,1H3. The Kier molecular flexibility index (Phi) is 4.59. The molecule has 1 aromatic heterocycles. The molecule has 0 unspecified atom stereocenters. The number of ether oxygens (including phenoxy) is 1. The van der Waals surface area contributed by atoms with E-state index < -0.39 is 0 Å². The first-order chi connectivity index (χ1) is 8.79. The van der Waals surface area contributed by atoms with Crippen LogP contribution in [0.25, 0.3) is 0 Å². The highest BCUT2D eigenvalue weighted by molar-refractivity contribution is 9.10. The van der Waals surface area contributed by atoms with Crippen LogP contribution in [-0.4, -0.2) is 18.6 Å². The molecule has 0 fully saturated rings. The van der Waals surface area contributed by atoms with Crippen molar-refractivity contribution in [1.29, 1.82) is 0 Å². The molecule has 0 saturated carbocycles. The average Bonchev–Trinajstić information content (AvgIpc) is 2.42. The minimum Gasteiger partial charge on any atom is -0.497 e. The number of anilines is 1. The second kappa shape index (κ2) is 6.40. The van der Waals surface area contributed by atoms with E-state index >= 15 is 0 Å². The first-order valence-corrected chi connectivity index (χ1v) is 6.55. The molecule has 18 heavy (non-hydrogen) atoms. The van der Waals surface area contributed by atoms with Crippen LogP contribution in [-0.2, 0) is 6.42 Å². The summed E-state index contributed by atoms with van der Waals surface area (Å²) in [7, 11) is 1.67. The van der Waals surface area contributed by atoms with E-state index in [1.165, 1.54) is 5.56 Å². The van der Waals surface area contributed by atoms with Gasteiger partial charge in [-0.05, 0) is 52.2 Å². The Morgan fingerprint density at radius 1 is 1.22 bits per heavy atom. The van der Waals surface area contributed by atoms with Crippen molar-refractivity contribution in [1.82, 2.24) is 4.98 Å². The number of nitrogens with one attached hydrogen (secondary N) is 1. The Hall–Kier alpha value is -1.55. The van der Waals surface area contributed by atoms with Crippen molar-refractivity contribution in [2.75, 3.05) is 19.0 Å². The molecule has 1 heterocycles. The topological polar surface area (TPSA) is 34.1 Å². The SMILES string of the molecule is COc1ccc(Br)c(NCCc2ccncc2)c1. The maximum absolute atomic E-state index is 5.21. The van der Waals surface area contributed by atoms with Gasteiger partial charge in [0.15, 0.2) is 0 Å². The Morgan fingerprint density at radius 2 is 2.00 bits per heavy atom. The van der Waals surface area contributed by atoms with E-state index in [-0.39, 0.29) is 0 Å². The fourth-order valence-electron chi connectivity index (χ4n) is 1.66. The summed E-state index contributed by atoms with van der Waals surface area (Å²) in [5.41, 5.74) is 2.32. The second-order valence-electron chi connectivity index (χ2n) is 3.88. The minimum atomic E-state index is 0.851. The van der Waals surface area contributed by atoms with Crippen LogP contribution in [0.1, 0.15) is 5.56 Å². The van der Waals surface area contributed by atoms with Crippen molar-refractivity contribution in [3.63, 3.8) is 0 Å². The largest absolute Gasteiger partial charge is 0.497 e. The molecule has 0 bridgehead atoms. The van der Waals surface area contributed by atoms with Gasteiger partial charge in [0.25, 0.3) is 0 Å². The normalized spacial score (nSPS) is 10.1. The van der Waals surface area contributed by atoms with Crippen molar-refractivity contribution in [2.24, 2.45) is 0 Å². The monoisotopic (exact) mass is 306 g/mol. The first kappa shape index (κ1) is 12.9. The lowest BCUT2D eigenvalue weighted by molar-refractivity contribution is 0.415. The average molecular weight is 307 g/mol. The van der Waals surface area contributed by atoms with Gasteiger partial charge in [-0.15, -0.1) is 0 Å². The van der Waals surface area contributed by atoms with E-state index in [1.807, 2.05) is 42.7 Å². The van der Waals surface area contributed by atoms with Gasteiger partial charge in [0.05, 0.1) is 12.8 Å². The molecule has 2 aromatic rings. The van der Waals surface area contributed by atoms with Gasteiger partial charge in [0, 0.05) is 29.5 Å². The number of methoxy groups -OCH3 is 1. The van der Waals surface area contributed by atoms with Crippen LogP contribution in [0.4, 0.5) is 5.69 Å². The number of benzene rings is 1. The third kappa shape index (κ3) is 3.47. The molecule has 0 amide bonds. The fourth-order valence-corrected chi connectivity index (χ4v) is 2.04. The first-order valence-electron chi connectivity index (χ1n) is 5.76. The molecular weight excluding hydrogens is 292 g/mol. The van der Waals surface area contributed by atoms with E-state index in [2.05, 4.69) is 26.2 Å². The maximum atomic E-state index is 5.21. The summed E-state index contributed by atoms with van der Waals surface area (Å²) in [6, 6.07) is 9.95. The molecule has 0 aliphatic rings. The van der Waals surface area contributed by atoms with Crippen LogP contribution < -0.4 is 10.1 Å². The predicted molar refractivity (Wildman–Crippen MR) is 77.1 cm³/mol. The molecule has 4 heteroatoms. The zero-order valence-corrected chi connectivity index (χ0v) is 11.8. The van der Waals surface area contributed by atoms with Gasteiger partial charge in [0.2, 0.25) is 0 Å². The van der Waals surface area contributed by atoms with Crippen molar-refractivity contribution in [3.8, 4) is 5.75 Å². The van der Waals surface area contributed by atoms with E-state index in [0.717, 1.165) is 28.9 Å². The number of rotatable bonds is 5. The Labute approximate surface area is 115 Å². The summed E-state index contributed by atoms with van der Waals surface area (Å²) >= 11 is 3.52. The summed E-state index contributed by atoms with van der Waals surface area (Å²) in [5.74, 6) is 0.851. The molecule has 94 valence electrons. The molecule has 0 saturated heterocycles. The number of hydrogen-bond acceptors (Lipinski definition) is 3. The van der Waals surface area contributed by atoms with Gasteiger partial charge in [-0.25, -0.2) is 0 Å². The highest BCUT2D eigenvalue weighted by atomic mass is 79.9. The van der Waals surface area contributed by atoms with Crippen LogP contribution in [0.15, 0.2) is 47.2 Å². The summed E-state index contributed by atoms with van der Waals surface area (Å²) in [6.07, 6.45) is 4.60. The molecule has 1 aromatic carbocycles. The van der Waals surface area contributed by atoms with Crippen molar-refractivity contribution in [3.05, 3.63) is 52.8 Å².